The van der Waals surface area contributed by atoms with Gasteiger partial charge in [0.2, 0.25) is 5.91 Å². The minimum Gasteiger partial charge on any atom is -0.385 e. The number of ether oxygens (including phenoxy) is 2. The molecule has 0 fully saturated rings. The predicted octanol–water partition coefficient (Wildman–Crippen LogP) is 2.15. The van der Waals surface area contributed by atoms with Gasteiger partial charge in [-0.1, -0.05) is 12.1 Å². The largest absolute Gasteiger partial charge is 0.385 e. The maximum absolute atomic E-state index is 12.4. The van der Waals surface area contributed by atoms with Crippen LogP contribution in [0.4, 0.5) is 0 Å². The van der Waals surface area contributed by atoms with Crippen LogP contribution in [0.1, 0.15) is 12.1 Å². The number of carbonyl (C=O) groups excluding carboxylic acids is 1. The van der Waals surface area contributed by atoms with Crippen molar-refractivity contribution < 1.29 is 14.3 Å². The molecule has 128 valence electrons. The Kier molecular flexibility index (Phi) is 7.32. The molecule has 0 N–H and O–H groups in total. The Hall–Kier alpha value is -2.31. The molecule has 0 atom stereocenters. The molecule has 0 aliphatic heterocycles. The maximum Gasteiger partial charge on any atom is 0.246 e. The molecule has 6 heteroatoms. The Morgan fingerprint density at radius 3 is 2.62 bits per heavy atom. The quantitative estimate of drug-likeness (QED) is 0.521. The maximum atomic E-state index is 12.4. The topological polar surface area (TPSA) is 64.6 Å². The van der Waals surface area contributed by atoms with Crippen molar-refractivity contribution in [1.29, 1.82) is 0 Å². The van der Waals surface area contributed by atoms with Crippen LogP contribution in [0.3, 0.4) is 0 Å². The molecule has 2 aromatic rings. The van der Waals surface area contributed by atoms with Crippen LogP contribution < -0.4 is 0 Å². The Morgan fingerprint density at radius 1 is 1.12 bits per heavy atom. The SMILES string of the molecule is COCCCN(CCOC)C(=O)C=Cc1cnc2ccccc2n1. The number of fused-ring (bicyclic) bond motifs is 1. The van der Waals surface area contributed by atoms with Crippen LogP contribution in [-0.4, -0.2) is 61.3 Å². The van der Waals surface area contributed by atoms with Gasteiger partial charge >= 0.3 is 0 Å². The third-order valence-corrected chi connectivity index (χ3v) is 3.52. The molecular weight excluding hydrogens is 306 g/mol. The minimum absolute atomic E-state index is 0.0712. The fourth-order valence-electron chi connectivity index (χ4n) is 2.25. The van der Waals surface area contributed by atoms with E-state index in [0.717, 1.165) is 17.5 Å². The first kappa shape index (κ1) is 18.0. The van der Waals surface area contributed by atoms with Gasteiger partial charge in [-0.25, -0.2) is 4.98 Å². The Morgan fingerprint density at radius 2 is 1.88 bits per heavy atom. The molecule has 2 rings (SSSR count). The van der Waals surface area contributed by atoms with Gasteiger partial charge in [-0.05, 0) is 24.6 Å². The zero-order chi connectivity index (χ0) is 17.2. The molecule has 1 aromatic carbocycles. The third-order valence-electron chi connectivity index (χ3n) is 3.52. The van der Waals surface area contributed by atoms with Gasteiger partial charge in [0.25, 0.3) is 0 Å². The molecule has 0 aliphatic rings. The third kappa shape index (κ3) is 5.40. The van der Waals surface area contributed by atoms with Crippen LogP contribution in [-0.2, 0) is 14.3 Å². The lowest BCUT2D eigenvalue weighted by atomic mass is 10.3. The van der Waals surface area contributed by atoms with Gasteiger partial charge in [-0.2, -0.15) is 0 Å². The van der Waals surface area contributed by atoms with Gasteiger partial charge in [0, 0.05) is 40.0 Å². The number of carbonyl (C=O) groups is 1. The number of amides is 1. The molecular formula is C18H23N3O3. The summed E-state index contributed by atoms with van der Waals surface area (Å²) in [5.74, 6) is -0.0712. The molecule has 0 bridgehead atoms. The second-order valence-corrected chi connectivity index (χ2v) is 5.28. The van der Waals surface area contributed by atoms with Crippen molar-refractivity contribution >= 4 is 23.0 Å². The van der Waals surface area contributed by atoms with Crippen LogP contribution in [0.25, 0.3) is 17.1 Å². The van der Waals surface area contributed by atoms with Crippen molar-refractivity contribution in [2.45, 2.75) is 6.42 Å². The van der Waals surface area contributed by atoms with E-state index in [4.69, 9.17) is 9.47 Å². The molecule has 24 heavy (non-hydrogen) atoms. The summed E-state index contributed by atoms with van der Waals surface area (Å²) < 4.78 is 10.1. The first-order valence-corrected chi connectivity index (χ1v) is 7.91. The van der Waals surface area contributed by atoms with E-state index in [2.05, 4.69) is 9.97 Å². The number of nitrogens with zero attached hydrogens (tertiary/aromatic N) is 3. The van der Waals surface area contributed by atoms with E-state index in [1.807, 2.05) is 24.3 Å². The van der Waals surface area contributed by atoms with Crippen LogP contribution >= 0.6 is 0 Å². The molecule has 0 spiro atoms. The first-order valence-electron chi connectivity index (χ1n) is 7.91. The Labute approximate surface area is 142 Å². The molecule has 6 nitrogen and oxygen atoms in total. The van der Waals surface area contributed by atoms with E-state index >= 15 is 0 Å². The van der Waals surface area contributed by atoms with Gasteiger partial charge in [0.15, 0.2) is 0 Å². The summed E-state index contributed by atoms with van der Waals surface area (Å²) in [6, 6.07) is 7.64. The number of methoxy groups -OCH3 is 2. The average Bonchev–Trinajstić information content (AvgIpc) is 2.62. The van der Waals surface area contributed by atoms with E-state index in [-0.39, 0.29) is 5.91 Å². The highest BCUT2D eigenvalue weighted by molar-refractivity contribution is 5.91. The molecule has 1 heterocycles. The summed E-state index contributed by atoms with van der Waals surface area (Å²) in [5, 5.41) is 0. The van der Waals surface area contributed by atoms with Crippen LogP contribution in [0.15, 0.2) is 36.5 Å². The fraction of sp³-hybridized carbons (Fsp3) is 0.389. The van der Waals surface area contributed by atoms with Crippen molar-refractivity contribution in [2.24, 2.45) is 0 Å². The summed E-state index contributed by atoms with van der Waals surface area (Å²) in [6.45, 7) is 2.30. The van der Waals surface area contributed by atoms with Gasteiger partial charge in [-0.3, -0.25) is 9.78 Å². The van der Waals surface area contributed by atoms with Gasteiger partial charge in [-0.15, -0.1) is 0 Å². The summed E-state index contributed by atoms with van der Waals surface area (Å²) in [4.78, 5) is 22.9. The van der Waals surface area contributed by atoms with Crippen molar-refractivity contribution in [3.05, 3.63) is 42.2 Å². The zero-order valence-electron chi connectivity index (χ0n) is 14.1. The standard InChI is InChI=1S/C18H23N3O3/c1-23-12-5-10-21(11-13-24-2)18(22)9-8-15-14-19-16-6-3-4-7-17(16)20-15/h3-4,6-9,14H,5,10-13H2,1-2H3. The summed E-state index contributed by atoms with van der Waals surface area (Å²) in [5.41, 5.74) is 2.30. The summed E-state index contributed by atoms with van der Waals surface area (Å²) >= 11 is 0. The molecule has 1 aromatic heterocycles. The smallest absolute Gasteiger partial charge is 0.246 e. The van der Waals surface area contributed by atoms with Gasteiger partial charge in [0.05, 0.1) is 29.5 Å². The average molecular weight is 329 g/mol. The number of benzene rings is 1. The minimum atomic E-state index is -0.0712. The lowest BCUT2D eigenvalue weighted by molar-refractivity contribution is -0.126. The van der Waals surface area contributed by atoms with Crippen molar-refractivity contribution in [3.63, 3.8) is 0 Å². The molecule has 0 aliphatic carbocycles. The first-order chi connectivity index (χ1) is 11.7. The Bertz CT molecular complexity index is 688. The van der Waals surface area contributed by atoms with Crippen molar-refractivity contribution in [2.75, 3.05) is 40.5 Å². The van der Waals surface area contributed by atoms with Crippen LogP contribution in [0.5, 0.6) is 0 Å². The van der Waals surface area contributed by atoms with Crippen molar-refractivity contribution in [1.82, 2.24) is 14.9 Å². The molecule has 0 saturated heterocycles. The highest BCUT2D eigenvalue weighted by Gasteiger charge is 2.10. The van der Waals surface area contributed by atoms with Gasteiger partial charge < -0.3 is 14.4 Å². The number of hydrogen-bond donors (Lipinski definition) is 0. The van der Waals surface area contributed by atoms with E-state index in [1.165, 1.54) is 6.08 Å². The van der Waals surface area contributed by atoms with E-state index in [1.54, 1.807) is 31.4 Å². The monoisotopic (exact) mass is 329 g/mol. The zero-order valence-corrected chi connectivity index (χ0v) is 14.1. The number of hydrogen-bond acceptors (Lipinski definition) is 5. The van der Waals surface area contributed by atoms with E-state index in [9.17, 15) is 4.79 Å². The molecule has 1 amide bonds. The lowest BCUT2D eigenvalue weighted by Gasteiger charge is -2.20. The summed E-state index contributed by atoms with van der Waals surface area (Å²) in [7, 11) is 3.28. The molecule has 0 unspecified atom stereocenters. The molecule has 0 radical (unpaired) electrons. The normalized spacial score (nSPS) is 11.2. The number of rotatable bonds is 9. The number of aromatic nitrogens is 2. The second-order valence-electron chi connectivity index (χ2n) is 5.28. The highest BCUT2D eigenvalue weighted by atomic mass is 16.5. The summed E-state index contributed by atoms with van der Waals surface area (Å²) in [6.07, 6.45) is 5.67. The fourth-order valence-corrected chi connectivity index (χ4v) is 2.25. The number of para-hydroxylation sites is 2. The Balaban J connectivity index is 2.03. The van der Waals surface area contributed by atoms with E-state index in [0.29, 0.717) is 32.0 Å². The van der Waals surface area contributed by atoms with Crippen LogP contribution in [0.2, 0.25) is 0 Å². The second kappa shape index (κ2) is 9.75. The predicted molar refractivity (Wildman–Crippen MR) is 93.5 cm³/mol. The van der Waals surface area contributed by atoms with E-state index < -0.39 is 0 Å². The lowest BCUT2D eigenvalue weighted by Crippen LogP contribution is -2.34. The van der Waals surface area contributed by atoms with Crippen molar-refractivity contribution in [3.8, 4) is 0 Å². The van der Waals surface area contributed by atoms with Gasteiger partial charge in [0.1, 0.15) is 0 Å². The van der Waals surface area contributed by atoms with Crippen LogP contribution in [0, 0.1) is 0 Å². The highest BCUT2D eigenvalue weighted by Crippen LogP contribution is 2.09. The molecule has 0 saturated carbocycles.